The zero-order chi connectivity index (χ0) is 22.6. The number of aromatic nitrogens is 3. The molecule has 0 aliphatic rings. The lowest BCUT2D eigenvalue weighted by atomic mass is 10.1. The van der Waals surface area contributed by atoms with Crippen molar-refractivity contribution >= 4 is 22.7 Å². The molecule has 0 amide bonds. The van der Waals surface area contributed by atoms with Gasteiger partial charge in [0.25, 0.3) is 10.8 Å². The summed E-state index contributed by atoms with van der Waals surface area (Å²) in [5, 5.41) is 10.2. The fourth-order valence-electron chi connectivity index (χ4n) is 3.62. The number of thioether (sulfide) groups is 1. The van der Waals surface area contributed by atoms with Crippen LogP contribution >= 0.6 is 11.8 Å². The maximum absolute atomic E-state index is 12.9. The molecule has 5 rings (SSSR count). The van der Waals surface area contributed by atoms with Crippen LogP contribution in [0, 0.1) is 11.3 Å². The highest BCUT2D eigenvalue weighted by Crippen LogP contribution is 2.36. The average molecular weight is 451 g/mol. The van der Waals surface area contributed by atoms with E-state index in [0.717, 1.165) is 16.8 Å². The predicted octanol–water partition coefficient (Wildman–Crippen LogP) is 5.53. The number of nitrogens with zero attached hydrogens (tertiary/aromatic N) is 4. The number of hydrogen-bond donors (Lipinski definition) is 0. The molecule has 3 aromatic carbocycles. The summed E-state index contributed by atoms with van der Waals surface area (Å²) in [5.74, 6) is 1.53. The number of hydrogen-bond acceptors (Lipinski definition) is 6. The number of nitriles is 1. The minimum Gasteiger partial charge on any atom is -0.431 e. The SMILES string of the molecule is N#CCn1c(CSc2nc(-c3ccccc3)c(-c3ccccc3)o2)nc2ccccc2c1=O. The summed E-state index contributed by atoms with van der Waals surface area (Å²) in [6, 6.07) is 28.9. The van der Waals surface area contributed by atoms with Crippen LogP contribution in [0.4, 0.5) is 0 Å². The van der Waals surface area contributed by atoms with Gasteiger partial charge in [-0.3, -0.25) is 9.36 Å². The molecule has 0 N–H and O–H groups in total. The van der Waals surface area contributed by atoms with Crippen LogP contribution in [-0.4, -0.2) is 14.5 Å². The zero-order valence-electron chi connectivity index (χ0n) is 17.5. The van der Waals surface area contributed by atoms with Gasteiger partial charge in [0.05, 0.1) is 22.7 Å². The Morgan fingerprint density at radius 1 is 0.879 bits per heavy atom. The summed E-state index contributed by atoms with van der Waals surface area (Å²) in [6.45, 7) is -0.0668. The van der Waals surface area contributed by atoms with E-state index in [-0.39, 0.29) is 12.1 Å². The van der Waals surface area contributed by atoms with Gasteiger partial charge in [-0.2, -0.15) is 5.26 Å². The molecule has 0 bridgehead atoms. The first-order valence-corrected chi connectivity index (χ1v) is 11.3. The molecule has 0 unspecified atom stereocenters. The quantitative estimate of drug-likeness (QED) is 0.316. The molecule has 6 nitrogen and oxygen atoms in total. The molecule has 0 aliphatic carbocycles. The van der Waals surface area contributed by atoms with Gasteiger partial charge in [-0.25, -0.2) is 9.97 Å². The number of rotatable bonds is 6. The number of para-hydroxylation sites is 1. The largest absolute Gasteiger partial charge is 0.431 e. The van der Waals surface area contributed by atoms with Crippen molar-refractivity contribution in [2.75, 3.05) is 0 Å². The molecule has 0 aliphatic heterocycles. The second-order valence-electron chi connectivity index (χ2n) is 7.27. The molecule has 160 valence electrons. The summed E-state index contributed by atoms with van der Waals surface area (Å²) in [6.07, 6.45) is 0. The molecule has 7 heteroatoms. The Balaban J connectivity index is 1.53. The van der Waals surface area contributed by atoms with Gasteiger partial charge in [0.2, 0.25) is 0 Å². The van der Waals surface area contributed by atoms with Gasteiger partial charge in [-0.15, -0.1) is 0 Å². The summed E-state index contributed by atoms with van der Waals surface area (Å²) in [5.41, 5.74) is 3.03. The van der Waals surface area contributed by atoms with Gasteiger partial charge in [0, 0.05) is 11.1 Å². The molecule has 2 heterocycles. The Morgan fingerprint density at radius 2 is 1.55 bits per heavy atom. The van der Waals surface area contributed by atoms with Crippen LogP contribution in [0.1, 0.15) is 5.82 Å². The van der Waals surface area contributed by atoms with E-state index in [9.17, 15) is 10.1 Å². The molecule has 0 saturated heterocycles. The Hall–Kier alpha value is -4.15. The lowest BCUT2D eigenvalue weighted by molar-refractivity contribution is 0.466. The summed E-state index contributed by atoms with van der Waals surface area (Å²) in [4.78, 5) is 22.3. The van der Waals surface area contributed by atoms with Crippen LogP contribution in [0.5, 0.6) is 0 Å². The fourth-order valence-corrected chi connectivity index (χ4v) is 4.39. The van der Waals surface area contributed by atoms with Crippen LogP contribution in [0.3, 0.4) is 0 Å². The van der Waals surface area contributed by atoms with Crippen LogP contribution in [0.25, 0.3) is 33.5 Å². The molecule has 5 aromatic rings. The molecular weight excluding hydrogens is 432 g/mol. The third kappa shape index (κ3) is 4.16. The summed E-state index contributed by atoms with van der Waals surface area (Å²) < 4.78 is 7.58. The van der Waals surface area contributed by atoms with Crippen LogP contribution in [0.2, 0.25) is 0 Å². The second kappa shape index (κ2) is 9.15. The Bertz CT molecular complexity index is 1460. The normalized spacial score (nSPS) is 10.9. The first-order valence-electron chi connectivity index (χ1n) is 10.3. The van der Waals surface area contributed by atoms with E-state index in [0.29, 0.717) is 33.5 Å². The number of fused-ring (bicyclic) bond motifs is 1. The lowest BCUT2D eigenvalue weighted by Gasteiger charge is -2.09. The van der Waals surface area contributed by atoms with E-state index in [1.165, 1.54) is 16.3 Å². The van der Waals surface area contributed by atoms with Crippen molar-refractivity contribution in [3.8, 4) is 28.7 Å². The van der Waals surface area contributed by atoms with E-state index in [1.807, 2.05) is 66.7 Å². The van der Waals surface area contributed by atoms with Crippen LogP contribution in [0.15, 0.2) is 99.4 Å². The topological polar surface area (TPSA) is 84.7 Å². The van der Waals surface area contributed by atoms with Crippen molar-refractivity contribution in [3.05, 3.63) is 101 Å². The first-order chi connectivity index (χ1) is 16.2. The minimum absolute atomic E-state index is 0.0668. The highest BCUT2D eigenvalue weighted by molar-refractivity contribution is 7.98. The molecular formula is C26H18N4O2S. The number of oxazole rings is 1. The van der Waals surface area contributed by atoms with Gasteiger partial charge < -0.3 is 4.42 Å². The van der Waals surface area contributed by atoms with E-state index in [2.05, 4.69) is 11.1 Å². The Morgan fingerprint density at radius 3 is 2.27 bits per heavy atom. The van der Waals surface area contributed by atoms with Crippen molar-refractivity contribution in [1.29, 1.82) is 5.26 Å². The highest BCUT2D eigenvalue weighted by atomic mass is 32.2. The van der Waals surface area contributed by atoms with Gasteiger partial charge in [0.15, 0.2) is 5.76 Å². The van der Waals surface area contributed by atoms with Crippen LogP contribution in [-0.2, 0) is 12.3 Å². The molecule has 2 aromatic heterocycles. The third-order valence-corrected chi connectivity index (χ3v) is 6.01. The molecule has 0 saturated carbocycles. The van der Waals surface area contributed by atoms with Crippen molar-refractivity contribution in [1.82, 2.24) is 14.5 Å². The minimum atomic E-state index is -0.222. The smallest absolute Gasteiger partial charge is 0.262 e. The Labute approximate surface area is 194 Å². The van der Waals surface area contributed by atoms with E-state index in [1.54, 1.807) is 18.2 Å². The van der Waals surface area contributed by atoms with Gasteiger partial charge in [-0.05, 0) is 12.1 Å². The average Bonchev–Trinajstić information content (AvgIpc) is 3.30. The maximum atomic E-state index is 12.9. The first kappa shape index (κ1) is 20.7. The Kier molecular flexibility index (Phi) is 5.75. The highest BCUT2D eigenvalue weighted by Gasteiger charge is 2.18. The lowest BCUT2D eigenvalue weighted by Crippen LogP contribution is -2.24. The summed E-state index contributed by atoms with van der Waals surface area (Å²) >= 11 is 1.35. The van der Waals surface area contributed by atoms with Gasteiger partial charge in [-0.1, -0.05) is 84.6 Å². The number of benzene rings is 3. The van der Waals surface area contributed by atoms with E-state index in [4.69, 9.17) is 9.40 Å². The third-order valence-electron chi connectivity index (χ3n) is 5.19. The van der Waals surface area contributed by atoms with Crippen molar-refractivity contribution in [2.45, 2.75) is 17.5 Å². The van der Waals surface area contributed by atoms with Crippen LogP contribution < -0.4 is 5.56 Å². The molecule has 0 atom stereocenters. The van der Waals surface area contributed by atoms with Gasteiger partial charge in [0.1, 0.15) is 18.1 Å². The van der Waals surface area contributed by atoms with E-state index < -0.39 is 0 Å². The monoisotopic (exact) mass is 450 g/mol. The van der Waals surface area contributed by atoms with Gasteiger partial charge >= 0.3 is 0 Å². The fraction of sp³-hybridized carbons (Fsp3) is 0.0769. The molecule has 0 fully saturated rings. The summed E-state index contributed by atoms with van der Waals surface area (Å²) in [7, 11) is 0. The second-order valence-corrected chi connectivity index (χ2v) is 8.20. The molecule has 0 radical (unpaired) electrons. The van der Waals surface area contributed by atoms with Crippen molar-refractivity contribution in [3.63, 3.8) is 0 Å². The van der Waals surface area contributed by atoms with Crippen molar-refractivity contribution in [2.24, 2.45) is 0 Å². The molecule has 0 spiro atoms. The predicted molar refractivity (Wildman–Crippen MR) is 129 cm³/mol. The maximum Gasteiger partial charge on any atom is 0.262 e. The zero-order valence-corrected chi connectivity index (χ0v) is 18.3. The standard InChI is InChI=1S/C26H18N4O2S/c27-15-16-30-22(28-21-14-8-7-13-20(21)25(30)31)17-33-26-29-23(18-9-3-1-4-10-18)24(32-26)19-11-5-2-6-12-19/h1-14H,16-17H2. The van der Waals surface area contributed by atoms with E-state index >= 15 is 0 Å². The van der Waals surface area contributed by atoms with Crippen molar-refractivity contribution < 1.29 is 4.42 Å². The molecule has 33 heavy (non-hydrogen) atoms.